The minimum absolute atomic E-state index is 0.0402. The number of esters is 1. The Bertz CT molecular complexity index is 1190. The van der Waals surface area contributed by atoms with Gasteiger partial charge in [-0.2, -0.15) is 0 Å². The molecule has 0 fully saturated rings. The number of fused-ring (bicyclic) bond motifs is 1. The number of anilines is 3. The third kappa shape index (κ3) is 5.35. The molecule has 4 rings (SSSR count). The summed E-state index contributed by atoms with van der Waals surface area (Å²) >= 11 is 0. The lowest BCUT2D eigenvalue weighted by Gasteiger charge is -2.17. The Labute approximate surface area is 190 Å². The first-order valence-corrected chi connectivity index (χ1v) is 10.6. The van der Waals surface area contributed by atoms with Crippen LogP contribution >= 0.6 is 0 Å². The molecular formula is C25H23N3O5. The summed E-state index contributed by atoms with van der Waals surface area (Å²) < 4.78 is 10.7. The molecule has 0 bridgehead atoms. The van der Waals surface area contributed by atoms with Gasteiger partial charge >= 0.3 is 5.97 Å². The molecule has 1 aliphatic rings. The highest BCUT2D eigenvalue weighted by Crippen LogP contribution is 2.24. The lowest BCUT2D eigenvalue weighted by molar-refractivity contribution is -0.116. The van der Waals surface area contributed by atoms with Gasteiger partial charge in [0.25, 0.3) is 0 Å². The number of ether oxygens (including phenoxy) is 2. The molecule has 2 aromatic carbocycles. The molecule has 0 spiro atoms. The quantitative estimate of drug-likeness (QED) is 0.396. The van der Waals surface area contributed by atoms with Gasteiger partial charge in [0.15, 0.2) is 12.4 Å². The number of pyridine rings is 1. The summed E-state index contributed by atoms with van der Waals surface area (Å²) in [6, 6.07) is 15.5. The Balaban J connectivity index is 1.41. The third-order valence-electron chi connectivity index (χ3n) is 5.11. The van der Waals surface area contributed by atoms with Crippen molar-refractivity contribution in [3.8, 4) is 5.75 Å². The second-order valence-corrected chi connectivity index (χ2v) is 7.40. The van der Waals surface area contributed by atoms with Gasteiger partial charge in [-0.15, -0.1) is 0 Å². The van der Waals surface area contributed by atoms with E-state index in [0.29, 0.717) is 36.5 Å². The molecular weight excluding hydrogens is 422 g/mol. The molecule has 0 radical (unpaired) electrons. The van der Waals surface area contributed by atoms with Crippen LogP contribution in [0.15, 0.2) is 60.8 Å². The smallest absolute Gasteiger partial charge is 0.342 e. The van der Waals surface area contributed by atoms with E-state index in [2.05, 4.69) is 15.6 Å². The lowest BCUT2D eigenvalue weighted by Crippen LogP contribution is -2.20. The van der Waals surface area contributed by atoms with E-state index >= 15 is 0 Å². The fourth-order valence-electron chi connectivity index (χ4n) is 3.46. The van der Waals surface area contributed by atoms with Crippen LogP contribution in [0.2, 0.25) is 0 Å². The summed E-state index contributed by atoms with van der Waals surface area (Å²) in [6.45, 7) is 2.08. The highest BCUT2D eigenvalue weighted by Gasteiger charge is 2.19. The van der Waals surface area contributed by atoms with Crippen LogP contribution in [0.5, 0.6) is 5.75 Å². The SMILES string of the molecule is CCOc1ccc(Nc2ncccc2C(=O)OCC(=O)c2ccc3c(c2)CCC(=O)N3)cc1. The van der Waals surface area contributed by atoms with E-state index in [0.717, 1.165) is 17.0 Å². The number of rotatable bonds is 8. The van der Waals surface area contributed by atoms with E-state index in [-0.39, 0.29) is 17.3 Å². The highest BCUT2D eigenvalue weighted by molar-refractivity contribution is 6.02. The predicted octanol–water partition coefficient (Wildman–Crippen LogP) is 4.15. The number of nitrogens with zero attached hydrogens (tertiary/aromatic N) is 1. The number of aryl methyl sites for hydroxylation is 1. The first-order valence-electron chi connectivity index (χ1n) is 10.6. The first kappa shape index (κ1) is 22.0. The van der Waals surface area contributed by atoms with Gasteiger partial charge in [-0.05, 0) is 73.5 Å². The van der Waals surface area contributed by atoms with Crippen molar-refractivity contribution in [3.05, 3.63) is 77.5 Å². The number of hydrogen-bond donors (Lipinski definition) is 2. The van der Waals surface area contributed by atoms with E-state index in [1.165, 1.54) is 0 Å². The number of Topliss-reactive ketones (excluding diaryl/α,β-unsaturated/α-hetero) is 1. The number of nitrogens with one attached hydrogen (secondary N) is 2. The summed E-state index contributed by atoms with van der Waals surface area (Å²) in [5.41, 5.74) is 2.97. The van der Waals surface area contributed by atoms with Crippen LogP contribution in [-0.2, 0) is 16.0 Å². The summed E-state index contributed by atoms with van der Waals surface area (Å²) in [5, 5.41) is 5.87. The van der Waals surface area contributed by atoms with Crippen molar-refractivity contribution in [1.82, 2.24) is 4.98 Å². The minimum Gasteiger partial charge on any atom is -0.494 e. The molecule has 1 aliphatic heterocycles. The molecule has 168 valence electrons. The Morgan fingerprint density at radius 2 is 1.91 bits per heavy atom. The second kappa shape index (κ2) is 9.95. The van der Waals surface area contributed by atoms with E-state index in [9.17, 15) is 14.4 Å². The Kier molecular flexibility index (Phi) is 6.64. The number of carbonyl (C=O) groups is 3. The molecule has 0 unspecified atom stereocenters. The van der Waals surface area contributed by atoms with Gasteiger partial charge < -0.3 is 20.1 Å². The van der Waals surface area contributed by atoms with Crippen LogP contribution in [0.1, 0.15) is 39.6 Å². The standard InChI is InChI=1S/C25H23N3O5/c1-2-32-19-9-7-18(8-10-19)27-24-20(4-3-13-26-24)25(31)33-15-22(29)17-5-11-21-16(14-17)6-12-23(30)28-21/h3-5,7-11,13-14H,2,6,12,15H2,1H3,(H,26,27)(H,28,30). The molecule has 0 atom stereocenters. The number of ketones is 1. The van der Waals surface area contributed by atoms with Crippen LogP contribution in [0.3, 0.4) is 0 Å². The number of hydrogen-bond acceptors (Lipinski definition) is 7. The van der Waals surface area contributed by atoms with Crippen molar-refractivity contribution in [2.45, 2.75) is 19.8 Å². The van der Waals surface area contributed by atoms with Gasteiger partial charge in [0.1, 0.15) is 17.1 Å². The Hall–Kier alpha value is -4.20. The van der Waals surface area contributed by atoms with Crippen molar-refractivity contribution in [2.24, 2.45) is 0 Å². The molecule has 3 aromatic rings. The van der Waals surface area contributed by atoms with Crippen LogP contribution in [-0.4, -0.2) is 35.9 Å². The van der Waals surface area contributed by atoms with Crippen molar-refractivity contribution in [3.63, 3.8) is 0 Å². The lowest BCUT2D eigenvalue weighted by atomic mass is 9.99. The average molecular weight is 445 g/mol. The third-order valence-corrected chi connectivity index (χ3v) is 5.11. The van der Waals surface area contributed by atoms with E-state index < -0.39 is 12.6 Å². The van der Waals surface area contributed by atoms with Crippen LogP contribution in [0.4, 0.5) is 17.2 Å². The fraction of sp³-hybridized carbons (Fsp3) is 0.200. The fourth-order valence-corrected chi connectivity index (χ4v) is 3.46. The molecule has 1 aromatic heterocycles. The second-order valence-electron chi connectivity index (χ2n) is 7.40. The number of carbonyl (C=O) groups excluding carboxylic acids is 3. The zero-order valence-corrected chi connectivity index (χ0v) is 18.1. The van der Waals surface area contributed by atoms with Crippen molar-refractivity contribution < 1.29 is 23.9 Å². The Morgan fingerprint density at radius 1 is 1.09 bits per heavy atom. The monoisotopic (exact) mass is 445 g/mol. The van der Waals surface area contributed by atoms with Gasteiger partial charge in [0, 0.05) is 29.6 Å². The van der Waals surface area contributed by atoms with Crippen molar-refractivity contribution in [1.29, 1.82) is 0 Å². The van der Waals surface area contributed by atoms with E-state index in [1.54, 1.807) is 36.5 Å². The normalized spacial score (nSPS) is 12.3. The molecule has 2 N–H and O–H groups in total. The summed E-state index contributed by atoms with van der Waals surface area (Å²) in [5.74, 6) is 0.0418. The molecule has 2 heterocycles. The van der Waals surface area contributed by atoms with Gasteiger partial charge in [0.2, 0.25) is 5.91 Å². The van der Waals surface area contributed by atoms with Gasteiger partial charge in [-0.1, -0.05) is 0 Å². The maximum Gasteiger partial charge on any atom is 0.342 e. The maximum atomic E-state index is 12.7. The predicted molar refractivity (Wildman–Crippen MR) is 123 cm³/mol. The molecule has 1 amide bonds. The zero-order valence-electron chi connectivity index (χ0n) is 18.1. The largest absolute Gasteiger partial charge is 0.494 e. The summed E-state index contributed by atoms with van der Waals surface area (Å²) in [6.07, 6.45) is 2.51. The topological polar surface area (TPSA) is 107 Å². The Morgan fingerprint density at radius 3 is 2.70 bits per heavy atom. The molecule has 8 nitrogen and oxygen atoms in total. The number of benzene rings is 2. The van der Waals surface area contributed by atoms with Crippen LogP contribution in [0, 0.1) is 0 Å². The molecule has 33 heavy (non-hydrogen) atoms. The maximum absolute atomic E-state index is 12.7. The van der Waals surface area contributed by atoms with E-state index in [4.69, 9.17) is 9.47 Å². The van der Waals surface area contributed by atoms with Crippen molar-refractivity contribution in [2.75, 3.05) is 23.8 Å². The summed E-state index contributed by atoms with van der Waals surface area (Å²) in [4.78, 5) is 41.0. The number of aromatic nitrogens is 1. The minimum atomic E-state index is -0.657. The average Bonchev–Trinajstić information content (AvgIpc) is 2.83. The molecule has 0 saturated heterocycles. The molecule has 0 aliphatic carbocycles. The van der Waals surface area contributed by atoms with Gasteiger partial charge in [-0.3, -0.25) is 9.59 Å². The van der Waals surface area contributed by atoms with Crippen LogP contribution < -0.4 is 15.4 Å². The van der Waals surface area contributed by atoms with Gasteiger partial charge in [-0.25, -0.2) is 9.78 Å². The van der Waals surface area contributed by atoms with Crippen molar-refractivity contribution >= 4 is 34.9 Å². The van der Waals surface area contributed by atoms with Gasteiger partial charge in [0.05, 0.1) is 6.61 Å². The molecule has 8 heteroatoms. The number of amides is 1. The zero-order chi connectivity index (χ0) is 23.2. The summed E-state index contributed by atoms with van der Waals surface area (Å²) in [7, 11) is 0. The highest BCUT2D eigenvalue weighted by atomic mass is 16.5. The van der Waals surface area contributed by atoms with Crippen LogP contribution in [0.25, 0.3) is 0 Å². The van der Waals surface area contributed by atoms with E-state index in [1.807, 2.05) is 31.2 Å². The molecule has 0 saturated carbocycles. The first-order chi connectivity index (χ1) is 16.0.